The normalized spacial score (nSPS) is 20.3. The van der Waals surface area contributed by atoms with Crippen LogP contribution in [-0.2, 0) is 22.4 Å². The summed E-state index contributed by atoms with van der Waals surface area (Å²) in [6.45, 7) is 1.67. The summed E-state index contributed by atoms with van der Waals surface area (Å²) in [4.78, 5) is 33.9. The molecule has 1 saturated carbocycles. The number of aromatic nitrogens is 2. The molecule has 1 aliphatic heterocycles. The van der Waals surface area contributed by atoms with E-state index in [0.29, 0.717) is 0 Å². The maximum Gasteiger partial charge on any atom is 0.179 e. The fraction of sp³-hybridized carbons (Fsp3) is 0.357. The summed E-state index contributed by atoms with van der Waals surface area (Å²) in [5, 5.41) is 28.1. The Morgan fingerprint density at radius 2 is 1.46 bits per heavy atom. The highest BCUT2D eigenvalue weighted by Crippen LogP contribution is 2.50. The monoisotopic (exact) mass is 513 g/mol. The Bertz CT molecular complexity index is 1430. The summed E-state index contributed by atoms with van der Waals surface area (Å²) in [5.41, 5.74) is 4.80. The molecule has 4 aliphatic rings. The van der Waals surface area contributed by atoms with Gasteiger partial charge in [-0.3, -0.25) is 19.6 Å². The zero-order valence-corrected chi connectivity index (χ0v) is 20.8. The molecule has 186 valence electrons. The van der Waals surface area contributed by atoms with Crippen molar-refractivity contribution in [1.82, 2.24) is 14.9 Å². The molecule has 2 fully saturated rings. The Morgan fingerprint density at radius 1 is 0.919 bits per heavy atom. The fourth-order valence-corrected chi connectivity index (χ4v) is 6.07. The molecule has 3 aliphatic carbocycles. The predicted molar refractivity (Wildman–Crippen MR) is 135 cm³/mol. The number of ketones is 2. The quantitative estimate of drug-likeness (QED) is 0.614. The first-order valence-corrected chi connectivity index (χ1v) is 12.5. The molecule has 2 aromatic heterocycles. The van der Waals surface area contributed by atoms with Crippen molar-refractivity contribution >= 4 is 33.9 Å². The minimum Gasteiger partial charge on any atom is -0.393 e. The van der Waals surface area contributed by atoms with Crippen LogP contribution >= 0.6 is 11.6 Å². The maximum atomic E-state index is 12.3. The Morgan fingerprint density at radius 3 is 2.03 bits per heavy atom. The number of likely N-dealkylation sites (tertiary alicyclic amines) is 1. The number of carbonyl (C=O) groups is 2. The molecule has 1 saturated heterocycles. The first kappa shape index (κ1) is 24.8. The molecule has 9 heteroatoms. The van der Waals surface area contributed by atoms with Gasteiger partial charge in [-0.1, -0.05) is 11.6 Å². The van der Waals surface area contributed by atoms with E-state index in [0.717, 1.165) is 66.7 Å². The molecular weight excluding hydrogens is 490 g/mol. The van der Waals surface area contributed by atoms with Gasteiger partial charge in [0.05, 0.1) is 16.8 Å². The van der Waals surface area contributed by atoms with Crippen molar-refractivity contribution < 1.29 is 14.7 Å². The van der Waals surface area contributed by atoms with Crippen molar-refractivity contribution in [1.29, 1.82) is 10.5 Å². The maximum absolute atomic E-state index is 12.3. The number of pyridine rings is 2. The smallest absolute Gasteiger partial charge is 0.179 e. The number of hydrogen-bond donors (Lipinski definition) is 1. The van der Waals surface area contributed by atoms with Gasteiger partial charge < -0.3 is 10.0 Å². The number of aliphatic hydroxyl groups excluding tert-OH is 1. The molecule has 1 N–H and O–H groups in total. The summed E-state index contributed by atoms with van der Waals surface area (Å²) < 4.78 is 0. The number of piperidine rings is 1. The van der Waals surface area contributed by atoms with E-state index >= 15 is 0 Å². The van der Waals surface area contributed by atoms with Gasteiger partial charge in [0.2, 0.25) is 0 Å². The Kier molecular flexibility index (Phi) is 6.64. The van der Waals surface area contributed by atoms with E-state index in [4.69, 9.17) is 16.9 Å². The van der Waals surface area contributed by atoms with Gasteiger partial charge in [-0.05, 0) is 54.4 Å². The summed E-state index contributed by atoms with van der Waals surface area (Å²) in [6, 6.07) is 7.57. The van der Waals surface area contributed by atoms with Crippen molar-refractivity contribution in [2.45, 2.75) is 44.6 Å². The van der Waals surface area contributed by atoms with Crippen molar-refractivity contribution in [3.63, 3.8) is 0 Å². The van der Waals surface area contributed by atoms with Crippen LogP contribution in [0.5, 0.6) is 0 Å². The minimum atomic E-state index is -0.238. The van der Waals surface area contributed by atoms with Gasteiger partial charge in [0.25, 0.3) is 0 Å². The van der Waals surface area contributed by atoms with Gasteiger partial charge in [-0.2, -0.15) is 10.5 Å². The number of allylic oxidation sites excluding steroid dienone is 2. The topological polar surface area (TPSA) is 131 Å². The highest BCUT2D eigenvalue weighted by molar-refractivity contribution is 6.52. The number of Topliss-reactive ketones (excluding diaryl/α,β-unsaturated/α-hetero) is 2. The van der Waals surface area contributed by atoms with Crippen LogP contribution in [0.3, 0.4) is 0 Å². The Balaban J connectivity index is 0.000000171. The van der Waals surface area contributed by atoms with Gasteiger partial charge in [0.15, 0.2) is 11.6 Å². The minimum absolute atomic E-state index is 0.0466. The molecule has 3 heterocycles. The number of carbonyl (C=O) groups excluding carboxylic acids is 2. The molecule has 0 unspecified atom stereocenters. The van der Waals surface area contributed by atoms with Gasteiger partial charge >= 0.3 is 0 Å². The van der Waals surface area contributed by atoms with Gasteiger partial charge in [0, 0.05) is 61.8 Å². The molecule has 2 aromatic rings. The molecule has 0 aromatic carbocycles. The third kappa shape index (κ3) is 4.55. The molecule has 0 bridgehead atoms. The van der Waals surface area contributed by atoms with Crippen LogP contribution in [0.2, 0.25) is 0 Å². The molecule has 0 amide bonds. The molecule has 0 atom stereocenters. The zero-order chi connectivity index (χ0) is 26.2. The van der Waals surface area contributed by atoms with Crippen LogP contribution in [0.15, 0.2) is 48.1 Å². The molecular formula is C28H24ClN5O3. The van der Waals surface area contributed by atoms with Crippen LogP contribution in [-0.4, -0.2) is 50.7 Å². The van der Waals surface area contributed by atoms with Crippen LogP contribution < -0.4 is 0 Å². The first-order valence-electron chi connectivity index (χ1n) is 12.2. The lowest BCUT2D eigenvalue weighted by molar-refractivity contribution is -0.115. The second kappa shape index (κ2) is 9.89. The highest BCUT2D eigenvalue weighted by Gasteiger charge is 2.46. The lowest BCUT2D eigenvalue weighted by Gasteiger charge is -2.51. The predicted octanol–water partition coefficient (Wildman–Crippen LogP) is 3.36. The van der Waals surface area contributed by atoms with Crippen molar-refractivity contribution in [3.8, 4) is 12.1 Å². The van der Waals surface area contributed by atoms with E-state index < -0.39 is 0 Å². The van der Waals surface area contributed by atoms with E-state index in [1.807, 2.05) is 12.1 Å². The third-order valence-electron chi connectivity index (χ3n) is 7.72. The van der Waals surface area contributed by atoms with Gasteiger partial charge in [-0.15, -0.1) is 0 Å². The van der Waals surface area contributed by atoms with E-state index in [1.165, 1.54) is 0 Å². The second-order valence-electron chi connectivity index (χ2n) is 9.95. The fourth-order valence-electron chi connectivity index (χ4n) is 5.74. The summed E-state index contributed by atoms with van der Waals surface area (Å²) in [5.74, 6) is -0.347. The van der Waals surface area contributed by atoms with E-state index in [-0.39, 0.29) is 52.1 Å². The number of rotatable bonds is 1. The average Bonchev–Trinajstić information content (AvgIpc) is 2.88. The number of halogens is 1. The average molecular weight is 514 g/mol. The zero-order valence-electron chi connectivity index (χ0n) is 20.1. The summed E-state index contributed by atoms with van der Waals surface area (Å²) in [7, 11) is 0. The number of nitriles is 2. The lowest BCUT2D eigenvalue weighted by Crippen LogP contribution is -2.49. The number of aliphatic hydroxyl groups is 1. The Hall–Kier alpha value is -3.85. The van der Waals surface area contributed by atoms with Crippen LogP contribution in [0, 0.1) is 28.1 Å². The Labute approximate surface area is 219 Å². The number of hydrogen-bond acceptors (Lipinski definition) is 8. The van der Waals surface area contributed by atoms with E-state index in [9.17, 15) is 20.0 Å². The lowest BCUT2D eigenvalue weighted by atomic mass is 9.61. The van der Waals surface area contributed by atoms with E-state index in [1.54, 1.807) is 30.9 Å². The molecule has 37 heavy (non-hydrogen) atoms. The molecule has 0 radical (unpaired) electrons. The molecule has 6 rings (SSSR count). The van der Waals surface area contributed by atoms with Gasteiger partial charge in [0.1, 0.15) is 23.3 Å². The summed E-state index contributed by atoms with van der Waals surface area (Å²) in [6.07, 6.45) is 10.8. The number of fused-ring (bicyclic) bond motifs is 2. The molecule has 8 nitrogen and oxygen atoms in total. The van der Waals surface area contributed by atoms with Crippen molar-refractivity contribution in [2.24, 2.45) is 5.41 Å². The van der Waals surface area contributed by atoms with E-state index in [2.05, 4.69) is 20.9 Å². The van der Waals surface area contributed by atoms with Crippen LogP contribution in [0.4, 0.5) is 0 Å². The number of nitrogens with zero attached hydrogens (tertiary/aromatic N) is 5. The SMILES string of the molecule is N#CC1=C(Cl)c2ccncc2CC1=O.N#CC1=C(N2CCC3(CC2)CC(O)C3)c2ccncc2CC1=O. The second-order valence-corrected chi connectivity index (χ2v) is 10.3. The van der Waals surface area contributed by atoms with Crippen LogP contribution in [0.25, 0.3) is 10.7 Å². The molecule has 1 spiro atoms. The first-order chi connectivity index (χ1) is 17.9. The van der Waals surface area contributed by atoms with Crippen molar-refractivity contribution in [3.05, 3.63) is 70.3 Å². The van der Waals surface area contributed by atoms with Crippen LogP contribution in [0.1, 0.15) is 47.9 Å². The standard InChI is InChI=1S/C18H19N3O2.C10H5ClN2O/c19-10-15-16(23)7-12-11-20-4-1-14(12)17(15)21-5-2-18(3-6-21)8-13(22)9-18;11-10-7-1-2-13-5-6(7)3-9(14)8(10)4-12/h1,4,11,13,22H,2-3,5-9H2;1-2,5H,3H2. The summed E-state index contributed by atoms with van der Waals surface area (Å²) >= 11 is 5.92. The highest BCUT2D eigenvalue weighted by atomic mass is 35.5. The largest absolute Gasteiger partial charge is 0.393 e. The third-order valence-corrected chi connectivity index (χ3v) is 8.11. The van der Waals surface area contributed by atoms with Gasteiger partial charge in [-0.25, -0.2) is 0 Å². The van der Waals surface area contributed by atoms with Crippen molar-refractivity contribution in [2.75, 3.05) is 13.1 Å².